The molecule has 222 valence electrons. The Morgan fingerprint density at radius 2 is 2.00 bits per heavy atom. The molecule has 4 heterocycles. The number of methoxy groups -OCH3 is 1. The third-order valence-corrected chi connectivity index (χ3v) is 8.07. The summed E-state index contributed by atoms with van der Waals surface area (Å²) in [4.78, 5) is 40.0. The molecule has 0 saturated carbocycles. The van der Waals surface area contributed by atoms with Crippen LogP contribution in [0.4, 0.5) is 30.6 Å². The van der Waals surface area contributed by atoms with Crippen LogP contribution in [0.25, 0.3) is 11.0 Å². The number of hydrogen-bond acceptors (Lipinski definition) is 10. The van der Waals surface area contributed by atoms with Crippen LogP contribution >= 0.6 is 11.3 Å². The topological polar surface area (TPSA) is 154 Å². The maximum atomic E-state index is 13.0. The molecule has 4 aromatic rings. The average molecular weight is 603 g/mol. The van der Waals surface area contributed by atoms with Crippen molar-refractivity contribution in [3.63, 3.8) is 0 Å². The van der Waals surface area contributed by atoms with Gasteiger partial charge in [-0.15, -0.1) is 11.3 Å². The second-order valence-corrected chi connectivity index (χ2v) is 10.9. The van der Waals surface area contributed by atoms with Crippen LogP contribution in [0.5, 0.6) is 5.75 Å². The van der Waals surface area contributed by atoms with Gasteiger partial charge in [-0.2, -0.15) is 18.2 Å². The summed E-state index contributed by atoms with van der Waals surface area (Å²) in [6.45, 7) is 1.36. The number of carbonyl (C=O) groups is 1. The number of thiazole rings is 1. The number of fused-ring (bicyclic) bond motifs is 1. The molecule has 42 heavy (non-hydrogen) atoms. The number of nitrogen functional groups attached to an aromatic ring is 1. The number of nitrogens with one attached hydrogen (secondary N) is 1. The van der Waals surface area contributed by atoms with E-state index in [9.17, 15) is 22.8 Å². The Morgan fingerprint density at radius 1 is 1.24 bits per heavy atom. The number of rotatable bonds is 9. The summed E-state index contributed by atoms with van der Waals surface area (Å²) >= 11 is 1.38. The molecule has 0 aliphatic carbocycles. The molecule has 0 radical (unpaired) electrons. The molecule has 1 saturated heterocycles. The number of piperidine rings is 1. The molecule has 5 N–H and O–H groups in total. The van der Waals surface area contributed by atoms with E-state index in [0.29, 0.717) is 29.5 Å². The first-order chi connectivity index (χ1) is 20.0. The Hall–Kier alpha value is -4.24. The first-order valence-electron chi connectivity index (χ1n) is 13.2. The molecule has 1 fully saturated rings. The molecular weight excluding hydrogens is 573 g/mol. The fraction of sp³-hybridized carbons (Fsp3) is 0.370. The monoisotopic (exact) mass is 602 g/mol. The van der Waals surface area contributed by atoms with Crippen molar-refractivity contribution < 1.29 is 22.7 Å². The zero-order chi connectivity index (χ0) is 30.0. The maximum absolute atomic E-state index is 13.0. The van der Waals surface area contributed by atoms with Gasteiger partial charge >= 0.3 is 6.18 Å². The number of carbonyl (C=O) groups excluding carboxylic acids is 1. The summed E-state index contributed by atoms with van der Waals surface area (Å²) in [5, 5.41) is 5.67. The Balaban J connectivity index is 1.40. The number of primary amides is 1. The normalized spacial score (nSPS) is 14.8. The first-order valence-corrected chi connectivity index (χ1v) is 14.0. The van der Waals surface area contributed by atoms with E-state index in [1.807, 2.05) is 23.1 Å². The van der Waals surface area contributed by atoms with Gasteiger partial charge in [-0.05, 0) is 49.5 Å². The fourth-order valence-corrected chi connectivity index (χ4v) is 5.73. The SMILES string of the molecule is COc1cc(C2CCN(CCC(F)(F)F)CC2)ccc1Nc1ncc2c(=O)c(C(N)=O)c(N)n(Cc3nccs3)c2n1. The highest BCUT2D eigenvalue weighted by atomic mass is 32.1. The number of benzene rings is 1. The molecule has 1 aliphatic rings. The van der Waals surface area contributed by atoms with Crippen molar-refractivity contribution >= 4 is 45.7 Å². The molecule has 3 aromatic heterocycles. The van der Waals surface area contributed by atoms with Gasteiger partial charge in [-0.25, -0.2) is 9.97 Å². The van der Waals surface area contributed by atoms with Gasteiger partial charge in [0.05, 0.1) is 31.1 Å². The maximum Gasteiger partial charge on any atom is 0.390 e. The fourth-order valence-electron chi connectivity index (χ4n) is 5.12. The zero-order valence-electron chi connectivity index (χ0n) is 22.6. The van der Waals surface area contributed by atoms with Crippen LogP contribution in [-0.2, 0) is 6.54 Å². The van der Waals surface area contributed by atoms with Gasteiger partial charge in [0.15, 0.2) is 5.65 Å². The lowest BCUT2D eigenvalue weighted by molar-refractivity contribution is -0.138. The number of pyridine rings is 1. The van der Waals surface area contributed by atoms with Gasteiger partial charge in [-0.3, -0.25) is 9.59 Å². The predicted octanol–water partition coefficient (Wildman–Crippen LogP) is 3.86. The van der Waals surface area contributed by atoms with E-state index in [0.717, 1.165) is 18.4 Å². The van der Waals surface area contributed by atoms with Gasteiger partial charge in [0, 0.05) is 24.3 Å². The first kappa shape index (κ1) is 29.3. The highest BCUT2D eigenvalue weighted by Crippen LogP contribution is 2.35. The molecule has 0 spiro atoms. The van der Waals surface area contributed by atoms with Crippen molar-refractivity contribution in [1.82, 2.24) is 24.4 Å². The van der Waals surface area contributed by atoms with Crippen molar-refractivity contribution in [3.05, 3.63) is 62.3 Å². The molecule has 15 heteroatoms. The summed E-state index contributed by atoms with van der Waals surface area (Å²) in [7, 11) is 1.53. The van der Waals surface area contributed by atoms with Crippen LogP contribution in [0, 0.1) is 0 Å². The Labute approximate surface area is 242 Å². The van der Waals surface area contributed by atoms with E-state index in [1.165, 1.54) is 29.2 Å². The van der Waals surface area contributed by atoms with Gasteiger partial charge in [0.1, 0.15) is 22.1 Å². The predicted molar refractivity (Wildman–Crippen MR) is 153 cm³/mol. The summed E-state index contributed by atoms with van der Waals surface area (Å²) in [6.07, 6.45) is -0.530. The lowest BCUT2D eigenvalue weighted by Gasteiger charge is -2.32. The largest absolute Gasteiger partial charge is 0.495 e. The zero-order valence-corrected chi connectivity index (χ0v) is 23.5. The second kappa shape index (κ2) is 11.9. The molecular formula is C27H29F3N8O3S. The summed E-state index contributed by atoms with van der Waals surface area (Å²) in [5.74, 6) is -0.197. The van der Waals surface area contributed by atoms with Crippen LogP contribution in [-0.4, -0.2) is 63.2 Å². The number of likely N-dealkylation sites (tertiary alicyclic amines) is 1. The molecule has 5 rings (SSSR count). The number of anilines is 3. The number of nitrogens with two attached hydrogens (primary N) is 2. The van der Waals surface area contributed by atoms with E-state index in [-0.39, 0.29) is 47.4 Å². The number of alkyl halides is 3. The van der Waals surface area contributed by atoms with Crippen molar-refractivity contribution in [3.8, 4) is 5.75 Å². The highest BCUT2D eigenvalue weighted by molar-refractivity contribution is 7.09. The molecule has 1 aromatic carbocycles. The lowest BCUT2D eigenvalue weighted by Crippen LogP contribution is -2.35. The summed E-state index contributed by atoms with van der Waals surface area (Å²) < 4.78 is 44.9. The molecule has 11 nitrogen and oxygen atoms in total. The highest BCUT2D eigenvalue weighted by Gasteiger charge is 2.29. The van der Waals surface area contributed by atoms with Gasteiger partial charge in [0.25, 0.3) is 5.91 Å². The van der Waals surface area contributed by atoms with E-state index in [2.05, 4.69) is 20.3 Å². The minimum Gasteiger partial charge on any atom is -0.495 e. The minimum atomic E-state index is -4.15. The number of ether oxygens (including phenoxy) is 1. The van der Waals surface area contributed by atoms with Crippen LogP contribution in [0.3, 0.4) is 0 Å². The van der Waals surface area contributed by atoms with E-state index < -0.39 is 23.9 Å². The number of nitrogens with zero attached hydrogens (tertiary/aromatic N) is 5. The van der Waals surface area contributed by atoms with Gasteiger partial charge in [-0.1, -0.05) is 6.07 Å². The van der Waals surface area contributed by atoms with Crippen molar-refractivity contribution in [2.45, 2.75) is 37.9 Å². The Kier molecular flexibility index (Phi) is 8.31. The summed E-state index contributed by atoms with van der Waals surface area (Å²) in [6, 6.07) is 5.66. The second-order valence-electron chi connectivity index (χ2n) is 9.96. The summed E-state index contributed by atoms with van der Waals surface area (Å²) in [5.41, 5.74) is 12.5. The standard InChI is InChI=1S/C27H29F3N8O3S/c1-41-19-12-16(15-4-8-37(9-5-15)10-6-27(28,29)30)2-3-18(19)35-26-34-13-17-22(39)21(24(32)40)23(31)38(25(17)36-26)14-20-33-7-11-42-20/h2-3,7,11-13,15H,4-6,8-10,14,31H2,1H3,(H2,32,40)(H,34,35,36). The molecule has 1 aliphatic heterocycles. The van der Waals surface area contributed by atoms with Gasteiger partial charge < -0.3 is 31.0 Å². The van der Waals surface area contributed by atoms with Crippen molar-refractivity contribution in [2.75, 3.05) is 37.8 Å². The number of halogens is 3. The van der Waals surface area contributed by atoms with Crippen molar-refractivity contribution in [1.29, 1.82) is 0 Å². The third-order valence-electron chi connectivity index (χ3n) is 7.31. The van der Waals surface area contributed by atoms with Gasteiger partial charge in [0.2, 0.25) is 11.4 Å². The van der Waals surface area contributed by atoms with Crippen LogP contribution in [0.2, 0.25) is 0 Å². The number of amides is 1. The number of aromatic nitrogens is 4. The average Bonchev–Trinajstić information content (AvgIpc) is 3.47. The molecule has 0 atom stereocenters. The Morgan fingerprint density at radius 3 is 2.64 bits per heavy atom. The van der Waals surface area contributed by atoms with E-state index >= 15 is 0 Å². The third kappa shape index (κ3) is 6.31. The van der Waals surface area contributed by atoms with E-state index in [4.69, 9.17) is 16.2 Å². The quantitative estimate of drug-likeness (QED) is 0.259. The van der Waals surface area contributed by atoms with Crippen LogP contribution in [0.15, 0.2) is 40.8 Å². The Bertz CT molecular complexity index is 1650. The molecule has 0 unspecified atom stereocenters. The van der Waals surface area contributed by atoms with Crippen molar-refractivity contribution in [2.24, 2.45) is 5.73 Å². The van der Waals surface area contributed by atoms with Crippen LogP contribution in [0.1, 0.15) is 46.1 Å². The lowest BCUT2D eigenvalue weighted by atomic mass is 9.89. The molecule has 0 bridgehead atoms. The number of hydrogen-bond donors (Lipinski definition) is 3. The van der Waals surface area contributed by atoms with E-state index in [1.54, 1.807) is 11.6 Å². The smallest absolute Gasteiger partial charge is 0.390 e. The molecule has 1 amide bonds. The van der Waals surface area contributed by atoms with Crippen LogP contribution < -0.4 is 26.9 Å². The minimum absolute atomic E-state index is 0.0152.